The molecule has 0 saturated carbocycles. The van der Waals surface area contributed by atoms with Gasteiger partial charge in [-0.15, -0.1) is 0 Å². The van der Waals surface area contributed by atoms with Crippen molar-refractivity contribution < 1.29 is 22.7 Å². The van der Waals surface area contributed by atoms with Gasteiger partial charge in [0.05, 0.1) is 33.9 Å². The third-order valence-electron chi connectivity index (χ3n) is 7.66. The summed E-state index contributed by atoms with van der Waals surface area (Å²) in [6.07, 6.45) is 0.554. The van der Waals surface area contributed by atoms with Crippen molar-refractivity contribution in [1.82, 2.24) is 14.5 Å². The molecule has 2 heterocycles. The van der Waals surface area contributed by atoms with Crippen molar-refractivity contribution in [1.29, 1.82) is 0 Å². The van der Waals surface area contributed by atoms with E-state index in [9.17, 15) is 22.7 Å². The fourth-order valence-corrected chi connectivity index (χ4v) is 7.29. The van der Waals surface area contributed by atoms with Gasteiger partial charge in [0.1, 0.15) is 5.82 Å². The number of piperazine rings is 1. The molecule has 11 heteroatoms. The number of fused-ring (bicyclic) bond motifs is 1. The van der Waals surface area contributed by atoms with Crippen LogP contribution >= 0.6 is 23.2 Å². The lowest BCUT2D eigenvalue weighted by Crippen LogP contribution is -2.61. The number of hydrogen-bond acceptors (Lipinski definition) is 5. The Morgan fingerprint density at radius 1 is 1.19 bits per heavy atom. The van der Waals surface area contributed by atoms with E-state index in [4.69, 9.17) is 23.2 Å². The summed E-state index contributed by atoms with van der Waals surface area (Å²) in [7, 11) is -3.22. The van der Waals surface area contributed by atoms with E-state index in [1.54, 1.807) is 22.5 Å². The van der Waals surface area contributed by atoms with Gasteiger partial charge in [0, 0.05) is 31.7 Å². The molecule has 3 unspecified atom stereocenters. The number of rotatable bonds is 7. The van der Waals surface area contributed by atoms with Crippen molar-refractivity contribution in [2.75, 3.05) is 32.0 Å². The highest BCUT2D eigenvalue weighted by Gasteiger charge is 2.48. The van der Waals surface area contributed by atoms with Crippen LogP contribution in [0, 0.1) is 5.82 Å². The van der Waals surface area contributed by atoms with Crippen LogP contribution in [-0.4, -0.2) is 72.7 Å². The molecule has 7 nitrogen and oxygen atoms in total. The van der Waals surface area contributed by atoms with E-state index >= 15 is 0 Å². The summed E-state index contributed by atoms with van der Waals surface area (Å²) in [5.74, 6) is -0.623. The third-order valence-corrected chi connectivity index (χ3v) is 10.3. The van der Waals surface area contributed by atoms with Gasteiger partial charge in [-0.25, -0.2) is 12.8 Å². The van der Waals surface area contributed by atoms with Gasteiger partial charge < -0.3 is 10.4 Å². The summed E-state index contributed by atoms with van der Waals surface area (Å²) in [6.45, 7) is 4.72. The van der Waals surface area contributed by atoms with Crippen LogP contribution < -0.4 is 5.32 Å². The number of benzene rings is 2. The largest absolute Gasteiger partial charge is 0.394 e. The minimum Gasteiger partial charge on any atom is -0.394 e. The molecule has 196 valence electrons. The van der Waals surface area contributed by atoms with Crippen molar-refractivity contribution in [2.45, 2.75) is 43.8 Å². The van der Waals surface area contributed by atoms with Gasteiger partial charge in [-0.1, -0.05) is 41.4 Å². The van der Waals surface area contributed by atoms with Crippen LogP contribution in [-0.2, 0) is 20.2 Å². The van der Waals surface area contributed by atoms with Crippen molar-refractivity contribution >= 4 is 39.1 Å². The van der Waals surface area contributed by atoms with Crippen LogP contribution in [0.5, 0.6) is 0 Å². The molecular formula is C25H30Cl2FN3O4S. The number of hydrogen-bond donors (Lipinski definition) is 2. The second-order valence-electron chi connectivity index (χ2n) is 9.63. The Morgan fingerprint density at radius 2 is 1.89 bits per heavy atom. The average Bonchev–Trinajstić information content (AvgIpc) is 3.17. The Morgan fingerprint density at radius 3 is 2.53 bits per heavy atom. The van der Waals surface area contributed by atoms with Gasteiger partial charge in [0.2, 0.25) is 15.9 Å². The predicted octanol–water partition coefficient (Wildman–Crippen LogP) is 3.35. The minimum atomic E-state index is -3.22. The molecule has 0 aliphatic carbocycles. The number of carbonyl (C=O) groups excluding carboxylic acids is 1. The molecular weight excluding hydrogens is 528 g/mol. The molecule has 1 amide bonds. The highest BCUT2D eigenvalue weighted by Crippen LogP contribution is 2.37. The number of nitrogens with one attached hydrogen (secondary N) is 1. The maximum atomic E-state index is 14.0. The Hall–Kier alpha value is -1.75. The second kappa shape index (κ2) is 10.6. The molecule has 0 spiro atoms. The zero-order valence-corrected chi connectivity index (χ0v) is 22.5. The molecule has 2 aromatic rings. The topological polar surface area (TPSA) is 90.0 Å². The molecule has 2 aliphatic rings. The van der Waals surface area contributed by atoms with Crippen LogP contribution in [0.1, 0.15) is 37.4 Å². The van der Waals surface area contributed by atoms with Crippen molar-refractivity contribution in [2.24, 2.45) is 0 Å². The van der Waals surface area contributed by atoms with Crippen LogP contribution in [0.3, 0.4) is 0 Å². The number of aliphatic hydroxyl groups is 1. The molecule has 4 rings (SSSR count). The monoisotopic (exact) mass is 557 g/mol. The van der Waals surface area contributed by atoms with E-state index in [-0.39, 0.29) is 30.4 Å². The summed E-state index contributed by atoms with van der Waals surface area (Å²) in [5, 5.41) is 13.6. The summed E-state index contributed by atoms with van der Waals surface area (Å²) in [5.41, 5.74) is 0.0711. The number of nitrogens with zero attached hydrogens (tertiary/aromatic N) is 2. The molecule has 36 heavy (non-hydrogen) atoms. The maximum absolute atomic E-state index is 14.0. The molecule has 2 N–H and O–H groups in total. The quantitative estimate of drug-likeness (QED) is 0.544. The number of amides is 1. The Bertz CT molecular complexity index is 1230. The van der Waals surface area contributed by atoms with E-state index in [1.165, 1.54) is 24.3 Å². The molecule has 2 aliphatic heterocycles. The molecule has 0 radical (unpaired) electrons. The van der Waals surface area contributed by atoms with E-state index in [2.05, 4.69) is 10.2 Å². The van der Waals surface area contributed by atoms with E-state index in [0.29, 0.717) is 47.2 Å². The van der Waals surface area contributed by atoms with Crippen LogP contribution in [0.25, 0.3) is 0 Å². The lowest BCUT2D eigenvalue weighted by molar-refractivity contribution is -0.130. The molecule has 0 aromatic heterocycles. The molecule has 2 fully saturated rings. The Balaban J connectivity index is 1.66. The fraction of sp³-hybridized carbons (Fsp3) is 0.480. The van der Waals surface area contributed by atoms with Crippen LogP contribution in [0.2, 0.25) is 10.0 Å². The zero-order valence-electron chi connectivity index (χ0n) is 20.1. The Kier molecular flexibility index (Phi) is 8.00. The van der Waals surface area contributed by atoms with E-state index in [0.717, 1.165) is 0 Å². The molecule has 4 atom stereocenters. The second-order valence-corrected chi connectivity index (χ2v) is 12.5. The first-order chi connectivity index (χ1) is 17.0. The first-order valence-corrected chi connectivity index (χ1v) is 14.2. The number of carbonyl (C=O) groups is 1. The van der Waals surface area contributed by atoms with Crippen molar-refractivity contribution in [3.05, 3.63) is 69.5 Å². The van der Waals surface area contributed by atoms with Crippen LogP contribution in [0.15, 0.2) is 42.5 Å². The normalized spacial score (nSPS) is 23.4. The predicted molar refractivity (Wildman–Crippen MR) is 138 cm³/mol. The smallest absolute Gasteiger partial charge is 0.232 e. The highest BCUT2D eigenvalue weighted by molar-refractivity contribution is 7.89. The van der Waals surface area contributed by atoms with Gasteiger partial charge in [-0.05, 0) is 55.7 Å². The lowest BCUT2D eigenvalue weighted by atomic mass is 9.74. The zero-order chi connectivity index (χ0) is 26.3. The lowest BCUT2D eigenvalue weighted by Gasteiger charge is -2.46. The number of aliphatic hydroxyl groups excluding tert-OH is 1. The van der Waals surface area contributed by atoms with Crippen LogP contribution in [0.4, 0.5) is 4.39 Å². The van der Waals surface area contributed by atoms with E-state index < -0.39 is 27.3 Å². The summed E-state index contributed by atoms with van der Waals surface area (Å²) < 4.78 is 39.7. The first kappa shape index (κ1) is 27.3. The Labute approximate surface area is 221 Å². The highest BCUT2D eigenvalue weighted by atomic mass is 35.5. The van der Waals surface area contributed by atoms with Gasteiger partial charge in [-0.2, -0.15) is 4.31 Å². The van der Waals surface area contributed by atoms with Crippen molar-refractivity contribution in [3.63, 3.8) is 0 Å². The standard InChI is InChI=1S/C25H30Cl2FN3O4S/c1-16(30-10-11-31-20(14-30)9-12-36(31,34)35)25(2,18-5-8-21(26)22(27)13-18)24(33)29-23(15-32)17-3-6-19(28)7-4-17/h3-8,13,16,20,23,32H,9-12,14-15H2,1-2H3,(H,29,33)/t16?,20-,23?,25?/m1/s1. The first-order valence-electron chi connectivity index (χ1n) is 11.8. The third kappa shape index (κ3) is 5.14. The average molecular weight is 559 g/mol. The summed E-state index contributed by atoms with van der Waals surface area (Å²) in [6, 6.07) is 9.44. The summed E-state index contributed by atoms with van der Waals surface area (Å²) in [4.78, 5) is 16.1. The molecule has 2 saturated heterocycles. The van der Waals surface area contributed by atoms with Gasteiger partial charge in [0.15, 0.2) is 0 Å². The number of halogens is 3. The van der Waals surface area contributed by atoms with Gasteiger partial charge in [-0.3, -0.25) is 9.69 Å². The molecule has 0 bridgehead atoms. The van der Waals surface area contributed by atoms with E-state index in [1.807, 2.05) is 13.8 Å². The minimum absolute atomic E-state index is 0.128. The SMILES string of the molecule is CC(N1CCN2[C@H](CCS2(=O)=O)C1)C(C)(C(=O)NC(CO)c1ccc(F)cc1)c1ccc(Cl)c(Cl)c1. The maximum Gasteiger partial charge on any atom is 0.232 e. The van der Waals surface area contributed by atoms with Gasteiger partial charge >= 0.3 is 0 Å². The van der Waals surface area contributed by atoms with Gasteiger partial charge in [0.25, 0.3) is 0 Å². The summed E-state index contributed by atoms with van der Waals surface area (Å²) >= 11 is 12.5. The van der Waals surface area contributed by atoms with Crippen molar-refractivity contribution in [3.8, 4) is 0 Å². The number of sulfonamides is 1. The fourth-order valence-electron chi connectivity index (χ4n) is 5.20. The molecule has 2 aromatic carbocycles.